The molecule has 4 N–H and O–H groups in total. The van der Waals surface area contributed by atoms with E-state index < -0.39 is 0 Å². The van der Waals surface area contributed by atoms with Crippen molar-refractivity contribution in [2.45, 2.75) is 26.3 Å². The summed E-state index contributed by atoms with van der Waals surface area (Å²) in [6.45, 7) is 4.12. The van der Waals surface area contributed by atoms with Crippen LogP contribution in [0.1, 0.15) is 16.7 Å². The van der Waals surface area contributed by atoms with Crippen molar-refractivity contribution in [3.8, 4) is 0 Å². The number of aromatic amines is 1. The van der Waals surface area contributed by atoms with Crippen LogP contribution < -0.4 is 16.6 Å². The summed E-state index contributed by atoms with van der Waals surface area (Å²) in [5.41, 5.74) is 5.48. The average Bonchev–Trinajstić information content (AvgIpc) is 2.70. The number of thiophene rings is 1. The first-order chi connectivity index (χ1) is 8.56. The first-order valence-electron chi connectivity index (χ1n) is 5.71. The van der Waals surface area contributed by atoms with Crippen LogP contribution >= 0.6 is 11.3 Å². The number of nitrogens with zero attached hydrogens (tertiary/aromatic N) is 1. The summed E-state index contributed by atoms with van der Waals surface area (Å²) in [5.74, 6) is 0.444. The van der Waals surface area contributed by atoms with Gasteiger partial charge in [0.15, 0.2) is 5.82 Å². The Labute approximate surface area is 109 Å². The second-order valence-corrected chi connectivity index (χ2v) is 5.63. The number of nitrogens with two attached hydrogens (primary N) is 1. The second kappa shape index (κ2) is 5.22. The van der Waals surface area contributed by atoms with Gasteiger partial charge in [0.05, 0.1) is 6.33 Å². The Bertz CT molecular complexity index is 590. The first-order valence-corrected chi connectivity index (χ1v) is 6.53. The molecule has 0 spiro atoms. The van der Waals surface area contributed by atoms with Gasteiger partial charge in [0.2, 0.25) is 0 Å². The molecule has 0 aliphatic carbocycles. The van der Waals surface area contributed by atoms with Crippen molar-refractivity contribution in [2.24, 2.45) is 0 Å². The lowest BCUT2D eigenvalue weighted by Gasteiger charge is -2.14. The molecular weight excluding hydrogens is 248 g/mol. The highest BCUT2D eigenvalue weighted by atomic mass is 32.1. The molecule has 2 aromatic heterocycles. The maximum atomic E-state index is 11.3. The van der Waals surface area contributed by atoms with Gasteiger partial charge in [0.25, 0.3) is 5.56 Å². The molecular formula is C12H16N4OS. The first kappa shape index (κ1) is 12.6. The minimum Gasteiger partial charge on any atom is -0.391 e. The molecule has 2 aromatic rings. The van der Waals surface area contributed by atoms with Crippen molar-refractivity contribution >= 4 is 22.8 Å². The van der Waals surface area contributed by atoms with E-state index in [4.69, 9.17) is 5.73 Å². The maximum Gasteiger partial charge on any atom is 0.276 e. The number of rotatable bonds is 4. The van der Waals surface area contributed by atoms with Gasteiger partial charge >= 0.3 is 0 Å². The second-order valence-electron chi connectivity index (χ2n) is 4.26. The molecule has 0 saturated heterocycles. The summed E-state index contributed by atoms with van der Waals surface area (Å²) in [5, 5.41) is 3.16. The number of hydrogen-bond acceptors (Lipinski definition) is 5. The lowest BCUT2D eigenvalue weighted by atomic mass is 10.2. The molecule has 2 rings (SSSR count). The van der Waals surface area contributed by atoms with Crippen molar-refractivity contribution in [3.63, 3.8) is 0 Å². The highest BCUT2D eigenvalue weighted by Gasteiger charge is 2.09. The van der Waals surface area contributed by atoms with E-state index in [2.05, 4.69) is 34.3 Å². The smallest absolute Gasteiger partial charge is 0.276 e. The molecule has 6 heteroatoms. The molecule has 1 unspecified atom stereocenters. The van der Waals surface area contributed by atoms with E-state index in [9.17, 15) is 4.79 Å². The van der Waals surface area contributed by atoms with Crippen molar-refractivity contribution in [1.29, 1.82) is 0 Å². The third-order valence-corrected chi connectivity index (χ3v) is 3.60. The molecule has 0 radical (unpaired) electrons. The number of nitrogen functional groups attached to an aromatic ring is 1. The fraction of sp³-hybridized carbons (Fsp3) is 0.333. The molecule has 0 aliphatic rings. The largest absolute Gasteiger partial charge is 0.391 e. The van der Waals surface area contributed by atoms with Crippen LogP contribution in [-0.2, 0) is 6.42 Å². The minimum absolute atomic E-state index is 0.131. The summed E-state index contributed by atoms with van der Waals surface area (Å²) in [7, 11) is 0. The topological polar surface area (TPSA) is 83.8 Å². The quantitative estimate of drug-likeness (QED) is 0.785. The summed E-state index contributed by atoms with van der Waals surface area (Å²) < 4.78 is 0. The number of aryl methyl sites for hydroxylation is 1. The van der Waals surface area contributed by atoms with Gasteiger partial charge in [-0.3, -0.25) is 4.79 Å². The Morgan fingerprint density at radius 2 is 2.33 bits per heavy atom. The average molecular weight is 264 g/mol. The van der Waals surface area contributed by atoms with E-state index in [1.807, 2.05) is 6.92 Å². The van der Waals surface area contributed by atoms with E-state index in [1.54, 1.807) is 11.3 Å². The van der Waals surface area contributed by atoms with E-state index in [1.165, 1.54) is 16.1 Å². The highest BCUT2D eigenvalue weighted by molar-refractivity contribution is 7.11. The molecule has 0 fully saturated rings. The Morgan fingerprint density at radius 3 is 3.00 bits per heavy atom. The molecule has 18 heavy (non-hydrogen) atoms. The van der Waals surface area contributed by atoms with Crippen LogP contribution in [0.2, 0.25) is 0 Å². The van der Waals surface area contributed by atoms with Crippen LogP contribution in [0.5, 0.6) is 0 Å². The van der Waals surface area contributed by atoms with Gasteiger partial charge in [-0.1, -0.05) is 0 Å². The monoisotopic (exact) mass is 264 g/mol. The number of hydrogen-bond donors (Lipinski definition) is 3. The van der Waals surface area contributed by atoms with Crippen molar-refractivity contribution in [2.75, 3.05) is 11.1 Å². The SMILES string of the molecule is Cc1ccc(CC(C)Nc2nc[nH]c(=O)c2N)s1. The van der Waals surface area contributed by atoms with E-state index in [-0.39, 0.29) is 17.3 Å². The van der Waals surface area contributed by atoms with Crippen LogP contribution in [0, 0.1) is 6.92 Å². The Morgan fingerprint density at radius 1 is 1.56 bits per heavy atom. The van der Waals surface area contributed by atoms with Crippen LogP contribution in [0.15, 0.2) is 23.3 Å². The summed E-state index contributed by atoms with van der Waals surface area (Å²) in [6.07, 6.45) is 2.23. The lowest BCUT2D eigenvalue weighted by Crippen LogP contribution is -2.22. The maximum absolute atomic E-state index is 11.3. The number of aromatic nitrogens is 2. The van der Waals surface area contributed by atoms with Crippen LogP contribution in [0.4, 0.5) is 11.5 Å². The molecule has 0 saturated carbocycles. The molecule has 96 valence electrons. The van der Waals surface area contributed by atoms with Crippen LogP contribution in [0.3, 0.4) is 0 Å². The summed E-state index contributed by atoms with van der Waals surface area (Å²) >= 11 is 1.77. The summed E-state index contributed by atoms with van der Waals surface area (Å²) in [6, 6.07) is 4.39. The molecule has 0 aliphatic heterocycles. The van der Waals surface area contributed by atoms with Crippen molar-refractivity contribution < 1.29 is 0 Å². The zero-order valence-corrected chi connectivity index (χ0v) is 11.2. The molecule has 5 nitrogen and oxygen atoms in total. The molecule has 2 heterocycles. The van der Waals surface area contributed by atoms with Crippen LogP contribution in [0.25, 0.3) is 0 Å². The van der Waals surface area contributed by atoms with Gasteiger partial charge in [-0.25, -0.2) is 4.98 Å². The number of anilines is 2. The predicted octanol–water partition coefficient (Wildman–Crippen LogP) is 1.77. The fourth-order valence-corrected chi connectivity index (χ4v) is 2.73. The van der Waals surface area contributed by atoms with Crippen LogP contribution in [-0.4, -0.2) is 16.0 Å². The van der Waals surface area contributed by atoms with E-state index in [0.29, 0.717) is 5.82 Å². The number of H-pyrrole nitrogens is 1. The molecule has 0 aromatic carbocycles. The van der Waals surface area contributed by atoms with Gasteiger partial charge in [0.1, 0.15) is 5.69 Å². The predicted molar refractivity (Wildman–Crippen MR) is 75.1 cm³/mol. The third kappa shape index (κ3) is 2.89. The minimum atomic E-state index is -0.313. The molecule has 1 atom stereocenters. The highest BCUT2D eigenvalue weighted by Crippen LogP contribution is 2.18. The summed E-state index contributed by atoms with van der Waals surface area (Å²) in [4.78, 5) is 20.4. The van der Waals surface area contributed by atoms with E-state index >= 15 is 0 Å². The number of nitrogens with one attached hydrogen (secondary N) is 2. The van der Waals surface area contributed by atoms with E-state index in [0.717, 1.165) is 6.42 Å². The van der Waals surface area contributed by atoms with Gasteiger partial charge in [-0.2, -0.15) is 0 Å². The lowest BCUT2D eigenvalue weighted by molar-refractivity contribution is 0.793. The zero-order valence-electron chi connectivity index (χ0n) is 10.4. The Hall–Kier alpha value is -1.82. The van der Waals surface area contributed by atoms with Crippen molar-refractivity contribution in [3.05, 3.63) is 38.6 Å². The van der Waals surface area contributed by atoms with Gasteiger partial charge in [-0.15, -0.1) is 11.3 Å². The standard InChI is InChI=1S/C12H16N4OS/c1-7(5-9-4-3-8(2)18-9)16-11-10(13)12(17)15-6-14-11/h3-4,6-7H,5,13H2,1-2H3,(H2,14,15,16,17). The third-order valence-electron chi connectivity index (χ3n) is 2.58. The van der Waals surface area contributed by atoms with Crippen molar-refractivity contribution in [1.82, 2.24) is 9.97 Å². The molecule has 0 bridgehead atoms. The van der Waals surface area contributed by atoms with Gasteiger partial charge < -0.3 is 16.0 Å². The fourth-order valence-electron chi connectivity index (χ4n) is 1.71. The van der Waals surface area contributed by atoms with Gasteiger partial charge in [-0.05, 0) is 26.0 Å². The Kier molecular flexibility index (Phi) is 3.66. The Balaban J connectivity index is 2.05. The molecule has 0 amide bonds. The zero-order chi connectivity index (χ0) is 13.1. The normalized spacial score (nSPS) is 12.3. The van der Waals surface area contributed by atoms with Gasteiger partial charge in [0, 0.05) is 22.2 Å².